The van der Waals surface area contributed by atoms with Crippen molar-refractivity contribution in [2.24, 2.45) is 11.8 Å². The first-order valence-corrected chi connectivity index (χ1v) is 9.23. The number of pyridine rings is 1. The number of rotatable bonds is 3. The Morgan fingerprint density at radius 2 is 1.88 bits per heavy atom. The Labute approximate surface area is 151 Å². The second-order valence-corrected chi connectivity index (χ2v) is 7.62. The molecule has 2 aromatic rings. The van der Waals surface area contributed by atoms with Crippen LogP contribution < -0.4 is 10.5 Å². The second kappa shape index (κ2) is 5.93. The van der Waals surface area contributed by atoms with Gasteiger partial charge in [0.05, 0.1) is 0 Å². The predicted octanol–water partition coefficient (Wildman–Crippen LogP) is 1.25. The quantitative estimate of drug-likeness (QED) is 0.900. The highest BCUT2D eigenvalue weighted by Gasteiger charge is 2.42. The van der Waals surface area contributed by atoms with Crippen molar-refractivity contribution in [3.8, 4) is 0 Å². The maximum Gasteiger partial charge on any atom is 0.260 e. The lowest BCUT2D eigenvalue weighted by Gasteiger charge is -2.22. The zero-order valence-electron chi connectivity index (χ0n) is 14.5. The molecule has 2 aromatic heterocycles. The van der Waals surface area contributed by atoms with Gasteiger partial charge in [0.15, 0.2) is 0 Å². The van der Waals surface area contributed by atoms with E-state index in [4.69, 9.17) is 0 Å². The summed E-state index contributed by atoms with van der Waals surface area (Å²) in [6, 6.07) is 5.42. The van der Waals surface area contributed by atoms with Crippen molar-refractivity contribution in [1.29, 1.82) is 0 Å². The van der Waals surface area contributed by atoms with Crippen LogP contribution in [0.2, 0.25) is 0 Å². The number of nitrogens with zero attached hydrogens (tertiary/aromatic N) is 4. The van der Waals surface area contributed by atoms with E-state index >= 15 is 0 Å². The number of H-pyrrole nitrogens is 1. The van der Waals surface area contributed by atoms with E-state index in [1.165, 1.54) is 12.8 Å². The molecule has 1 amide bonds. The normalized spacial score (nSPS) is 24.8. The zero-order valence-corrected chi connectivity index (χ0v) is 14.5. The number of aromatic amines is 1. The number of fused-ring (bicyclic) bond motifs is 1. The lowest BCUT2D eigenvalue weighted by Crippen LogP contribution is -2.36. The molecule has 0 bridgehead atoms. The van der Waals surface area contributed by atoms with Crippen LogP contribution >= 0.6 is 0 Å². The molecule has 2 atom stereocenters. The van der Waals surface area contributed by atoms with E-state index < -0.39 is 0 Å². The van der Waals surface area contributed by atoms with Crippen molar-refractivity contribution in [2.75, 3.05) is 31.1 Å². The van der Waals surface area contributed by atoms with Gasteiger partial charge in [-0.15, -0.1) is 0 Å². The van der Waals surface area contributed by atoms with Gasteiger partial charge in [0, 0.05) is 61.9 Å². The van der Waals surface area contributed by atoms with Gasteiger partial charge in [-0.05, 0) is 25.0 Å². The van der Waals surface area contributed by atoms with Gasteiger partial charge in [-0.25, -0.2) is 9.97 Å². The number of aromatic nitrogens is 3. The Kier molecular flexibility index (Phi) is 3.55. The van der Waals surface area contributed by atoms with Crippen LogP contribution in [-0.2, 0) is 0 Å². The lowest BCUT2D eigenvalue weighted by molar-refractivity contribution is 0.0781. The molecule has 7 heteroatoms. The molecule has 4 heterocycles. The molecule has 7 nitrogen and oxygen atoms in total. The summed E-state index contributed by atoms with van der Waals surface area (Å²) in [5, 5.41) is 0. The van der Waals surface area contributed by atoms with Crippen LogP contribution in [0.3, 0.4) is 0 Å². The third-order valence-electron chi connectivity index (χ3n) is 5.82. The summed E-state index contributed by atoms with van der Waals surface area (Å²) in [5.41, 5.74) is 1.08. The van der Waals surface area contributed by atoms with E-state index in [2.05, 4.69) is 25.9 Å². The summed E-state index contributed by atoms with van der Waals surface area (Å²) >= 11 is 0. The number of likely N-dealkylation sites (tertiary alicyclic amines) is 1. The molecule has 134 valence electrons. The molecule has 26 heavy (non-hydrogen) atoms. The molecule has 3 fully saturated rings. The number of anilines is 1. The number of nitrogens with one attached hydrogen (secondary N) is 1. The average molecular weight is 351 g/mol. The fourth-order valence-corrected chi connectivity index (χ4v) is 4.24. The van der Waals surface area contributed by atoms with Crippen molar-refractivity contribution in [2.45, 2.75) is 18.8 Å². The maximum atomic E-state index is 12.6. The smallest absolute Gasteiger partial charge is 0.260 e. The summed E-state index contributed by atoms with van der Waals surface area (Å²) in [6.45, 7) is 3.21. The Morgan fingerprint density at radius 3 is 2.58 bits per heavy atom. The fourth-order valence-electron chi connectivity index (χ4n) is 4.24. The summed E-state index contributed by atoms with van der Waals surface area (Å²) < 4.78 is 0. The minimum absolute atomic E-state index is 0.161. The molecule has 2 aliphatic heterocycles. The van der Waals surface area contributed by atoms with Gasteiger partial charge in [0.1, 0.15) is 17.7 Å². The van der Waals surface area contributed by atoms with E-state index in [0.717, 1.165) is 24.6 Å². The first kappa shape index (κ1) is 15.5. The molecule has 1 aliphatic carbocycles. The fraction of sp³-hybridized carbons (Fsp3) is 0.474. The Balaban J connectivity index is 1.28. The molecule has 0 aromatic carbocycles. The standard InChI is InChI=1S/C19H21N5O2/c25-18-15(2-1-5-20-18)19(26)24-9-13-7-23(8-14(13)10-24)17-6-16(12-3-4-12)21-11-22-17/h1-2,5-6,11-14H,3-4,7-10H2,(H,20,25). The van der Waals surface area contributed by atoms with Crippen molar-refractivity contribution < 1.29 is 4.79 Å². The van der Waals surface area contributed by atoms with Gasteiger partial charge in [-0.1, -0.05) is 0 Å². The van der Waals surface area contributed by atoms with Gasteiger partial charge in [0.2, 0.25) is 0 Å². The third kappa shape index (κ3) is 2.67. The van der Waals surface area contributed by atoms with Gasteiger partial charge in [0.25, 0.3) is 11.5 Å². The van der Waals surface area contributed by atoms with E-state index in [1.54, 1.807) is 24.7 Å². The molecule has 1 N–H and O–H groups in total. The van der Waals surface area contributed by atoms with Crippen molar-refractivity contribution in [3.05, 3.63) is 52.3 Å². The molecular weight excluding hydrogens is 330 g/mol. The maximum absolute atomic E-state index is 12.6. The van der Waals surface area contributed by atoms with Crippen LogP contribution in [-0.4, -0.2) is 51.9 Å². The molecule has 5 rings (SSSR count). The van der Waals surface area contributed by atoms with Crippen LogP contribution in [0.15, 0.2) is 35.5 Å². The van der Waals surface area contributed by atoms with Crippen LogP contribution in [0.5, 0.6) is 0 Å². The van der Waals surface area contributed by atoms with E-state index in [9.17, 15) is 9.59 Å². The Hall–Kier alpha value is -2.70. The van der Waals surface area contributed by atoms with Crippen LogP contribution in [0.4, 0.5) is 5.82 Å². The number of hydrogen-bond donors (Lipinski definition) is 1. The number of amides is 1. The zero-order chi connectivity index (χ0) is 17.7. The second-order valence-electron chi connectivity index (χ2n) is 7.62. The minimum atomic E-state index is -0.315. The highest BCUT2D eigenvalue weighted by molar-refractivity contribution is 5.94. The molecular formula is C19H21N5O2. The monoisotopic (exact) mass is 351 g/mol. The van der Waals surface area contributed by atoms with Gasteiger partial charge < -0.3 is 14.8 Å². The first-order chi connectivity index (χ1) is 12.7. The SMILES string of the molecule is O=C(c1ccc[nH]c1=O)N1CC2CN(c3cc(C4CC4)ncn3)CC2C1. The third-order valence-corrected chi connectivity index (χ3v) is 5.82. The number of carbonyl (C=O) groups is 1. The van der Waals surface area contributed by atoms with Crippen molar-refractivity contribution >= 4 is 11.7 Å². The lowest BCUT2D eigenvalue weighted by atomic mass is 10.0. The Morgan fingerprint density at radius 1 is 1.12 bits per heavy atom. The van der Waals surface area contributed by atoms with Gasteiger partial charge in [-0.2, -0.15) is 0 Å². The van der Waals surface area contributed by atoms with Gasteiger partial charge in [-0.3, -0.25) is 9.59 Å². The molecule has 0 radical (unpaired) electrons. The van der Waals surface area contributed by atoms with E-state index in [1.807, 2.05) is 4.90 Å². The highest BCUT2D eigenvalue weighted by atomic mass is 16.2. The topological polar surface area (TPSA) is 82.2 Å². The molecule has 2 saturated heterocycles. The van der Waals surface area contributed by atoms with E-state index in [-0.39, 0.29) is 17.0 Å². The summed E-state index contributed by atoms with van der Waals surface area (Å²) in [4.78, 5) is 40.1. The number of hydrogen-bond acceptors (Lipinski definition) is 5. The van der Waals surface area contributed by atoms with Crippen LogP contribution in [0.25, 0.3) is 0 Å². The van der Waals surface area contributed by atoms with Gasteiger partial charge >= 0.3 is 0 Å². The molecule has 1 saturated carbocycles. The first-order valence-electron chi connectivity index (χ1n) is 9.23. The highest BCUT2D eigenvalue weighted by Crippen LogP contribution is 2.40. The predicted molar refractivity (Wildman–Crippen MR) is 96.2 cm³/mol. The summed E-state index contributed by atoms with van der Waals surface area (Å²) in [7, 11) is 0. The summed E-state index contributed by atoms with van der Waals surface area (Å²) in [5.74, 6) is 2.33. The molecule has 3 aliphatic rings. The number of carbonyl (C=O) groups excluding carboxylic acids is 1. The molecule has 2 unspecified atom stereocenters. The van der Waals surface area contributed by atoms with Crippen LogP contribution in [0, 0.1) is 11.8 Å². The summed E-state index contributed by atoms with van der Waals surface area (Å²) in [6.07, 6.45) is 5.69. The Bertz CT molecular complexity index is 893. The largest absolute Gasteiger partial charge is 0.356 e. The van der Waals surface area contributed by atoms with Crippen LogP contribution in [0.1, 0.15) is 34.8 Å². The average Bonchev–Trinajstić information content (AvgIpc) is 3.32. The molecule has 0 spiro atoms. The van der Waals surface area contributed by atoms with E-state index in [0.29, 0.717) is 30.8 Å². The van der Waals surface area contributed by atoms with Crippen molar-refractivity contribution in [1.82, 2.24) is 19.9 Å². The minimum Gasteiger partial charge on any atom is -0.356 e. The van der Waals surface area contributed by atoms with Crippen molar-refractivity contribution in [3.63, 3.8) is 0 Å².